The first-order valence-electron chi connectivity index (χ1n) is 12.5. The van der Waals surface area contributed by atoms with Gasteiger partial charge < -0.3 is 14.2 Å². The lowest BCUT2D eigenvalue weighted by atomic mass is 10.2. The van der Waals surface area contributed by atoms with Gasteiger partial charge in [-0.1, -0.05) is 48.5 Å². The Bertz CT molecular complexity index is 1640. The SMILES string of the molecule is COc1c(OCc2ccc(I)cc2)cc(-[s+]2c3ccccc3c3ccccc32)cc1OCc1ccc(I)cc1. The van der Waals surface area contributed by atoms with E-state index in [1.807, 2.05) is 0 Å². The molecule has 0 saturated carbocycles. The zero-order valence-corrected chi connectivity index (χ0v) is 26.3. The van der Waals surface area contributed by atoms with Gasteiger partial charge >= 0.3 is 0 Å². The van der Waals surface area contributed by atoms with Crippen molar-refractivity contribution in [1.82, 2.24) is 0 Å². The molecule has 6 heteroatoms. The third kappa shape index (κ3) is 5.60. The first-order chi connectivity index (χ1) is 19.1. The number of ether oxygens (including phenoxy) is 3. The fourth-order valence-corrected chi connectivity index (χ4v) is 7.82. The highest BCUT2D eigenvalue weighted by Gasteiger charge is 2.27. The zero-order chi connectivity index (χ0) is 26.8. The summed E-state index contributed by atoms with van der Waals surface area (Å²) in [6.45, 7) is 0.877. The summed E-state index contributed by atoms with van der Waals surface area (Å²) in [6.07, 6.45) is 0. The molecule has 1 aromatic heterocycles. The molecule has 6 rings (SSSR count). The molecule has 0 saturated heterocycles. The Labute approximate surface area is 258 Å². The van der Waals surface area contributed by atoms with Crippen LogP contribution in [0.2, 0.25) is 0 Å². The number of fused-ring (bicyclic) bond motifs is 3. The van der Waals surface area contributed by atoms with Crippen LogP contribution in [-0.4, -0.2) is 7.11 Å². The minimum Gasteiger partial charge on any atom is -0.490 e. The molecule has 0 aliphatic rings. The molecule has 0 amide bonds. The zero-order valence-electron chi connectivity index (χ0n) is 21.2. The molecule has 5 aromatic carbocycles. The van der Waals surface area contributed by atoms with Gasteiger partial charge in [0.15, 0.2) is 25.8 Å². The van der Waals surface area contributed by atoms with E-state index in [1.54, 1.807) is 7.11 Å². The first kappa shape index (κ1) is 26.4. The molecule has 0 bridgehead atoms. The molecule has 194 valence electrons. The van der Waals surface area contributed by atoms with Crippen LogP contribution in [0.3, 0.4) is 0 Å². The van der Waals surface area contributed by atoms with Crippen molar-refractivity contribution >= 4 is 75.8 Å². The molecule has 0 aliphatic heterocycles. The normalized spacial score (nSPS) is 11.2. The topological polar surface area (TPSA) is 27.7 Å². The Kier molecular flexibility index (Phi) is 7.95. The average molecular weight is 755 g/mol. The number of hydrogen-bond donors (Lipinski definition) is 0. The van der Waals surface area contributed by atoms with E-state index in [-0.39, 0.29) is 10.5 Å². The molecule has 0 atom stereocenters. The van der Waals surface area contributed by atoms with Crippen LogP contribution in [0, 0.1) is 7.14 Å². The molecule has 0 fully saturated rings. The first-order valence-corrected chi connectivity index (χ1v) is 15.9. The summed E-state index contributed by atoms with van der Waals surface area (Å²) in [7, 11) is 1.38. The van der Waals surface area contributed by atoms with Crippen LogP contribution in [0.25, 0.3) is 25.1 Å². The van der Waals surface area contributed by atoms with Crippen LogP contribution in [0.5, 0.6) is 17.2 Å². The van der Waals surface area contributed by atoms with Crippen molar-refractivity contribution in [3.8, 4) is 22.1 Å². The number of rotatable bonds is 8. The lowest BCUT2D eigenvalue weighted by Gasteiger charge is -2.16. The van der Waals surface area contributed by atoms with E-state index in [4.69, 9.17) is 14.2 Å². The minimum absolute atomic E-state index is 0.291. The third-order valence-electron chi connectivity index (χ3n) is 6.55. The lowest BCUT2D eigenvalue weighted by Crippen LogP contribution is -2.02. The van der Waals surface area contributed by atoms with E-state index >= 15 is 0 Å². The maximum Gasteiger partial charge on any atom is 0.203 e. The van der Waals surface area contributed by atoms with Gasteiger partial charge in [0.1, 0.15) is 13.2 Å². The van der Waals surface area contributed by atoms with Gasteiger partial charge in [-0.2, -0.15) is 0 Å². The molecule has 1 heterocycles. The predicted octanol–water partition coefficient (Wildman–Crippen LogP) is 10.1. The molecular formula is C33H25I2O3S+. The van der Waals surface area contributed by atoms with Gasteiger partial charge in [-0.05, 0) is 105 Å². The van der Waals surface area contributed by atoms with E-state index < -0.39 is 0 Å². The van der Waals surface area contributed by atoms with Crippen LogP contribution < -0.4 is 14.2 Å². The Morgan fingerprint density at radius 3 is 1.46 bits per heavy atom. The Morgan fingerprint density at radius 1 is 0.590 bits per heavy atom. The molecular weight excluding hydrogens is 730 g/mol. The Balaban J connectivity index is 1.47. The summed E-state index contributed by atoms with van der Waals surface area (Å²) in [6, 6.07) is 38.4. The summed E-state index contributed by atoms with van der Waals surface area (Å²) >= 11 is 4.63. The quantitative estimate of drug-likeness (QED) is 0.114. The van der Waals surface area contributed by atoms with Gasteiger partial charge in [0.2, 0.25) is 5.75 Å². The second-order valence-electron chi connectivity index (χ2n) is 9.08. The second-order valence-corrected chi connectivity index (χ2v) is 13.5. The summed E-state index contributed by atoms with van der Waals surface area (Å²) in [5, 5.41) is 2.57. The maximum atomic E-state index is 6.43. The van der Waals surface area contributed by atoms with E-state index in [0.717, 1.165) is 16.0 Å². The molecule has 0 spiro atoms. The maximum absolute atomic E-state index is 6.43. The molecule has 0 radical (unpaired) electrons. The summed E-state index contributed by atoms with van der Waals surface area (Å²) < 4.78 is 23.8. The molecule has 0 aliphatic carbocycles. The average Bonchev–Trinajstić information content (AvgIpc) is 3.31. The monoisotopic (exact) mass is 755 g/mol. The highest BCUT2D eigenvalue weighted by Crippen LogP contribution is 2.52. The highest BCUT2D eigenvalue weighted by molar-refractivity contribution is 14.1. The summed E-state index contributed by atoms with van der Waals surface area (Å²) in [5.41, 5.74) is 2.20. The van der Waals surface area contributed by atoms with E-state index in [9.17, 15) is 0 Å². The predicted molar refractivity (Wildman–Crippen MR) is 179 cm³/mol. The minimum atomic E-state index is -0.291. The van der Waals surface area contributed by atoms with Crippen molar-refractivity contribution in [2.45, 2.75) is 13.2 Å². The van der Waals surface area contributed by atoms with Crippen molar-refractivity contribution < 1.29 is 14.2 Å². The summed E-state index contributed by atoms with van der Waals surface area (Å²) in [5.74, 6) is 1.97. The van der Waals surface area contributed by atoms with E-state index in [1.165, 1.54) is 27.3 Å². The number of methoxy groups -OCH3 is 1. The van der Waals surface area contributed by atoms with Crippen molar-refractivity contribution in [2.24, 2.45) is 0 Å². The fourth-order valence-electron chi connectivity index (χ4n) is 4.68. The highest BCUT2D eigenvalue weighted by atomic mass is 127. The largest absolute Gasteiger partial charge is 0.490 e. The van der Waals surface area contributed by atoms with Crippen molar-refractivity contribution in [3.05, 3.63) is 127 Å². The van der Waals surface area contributed by atoms with Gasteiger partial charge in [-0.15, -0.1) is 0 Å². The smallest absolute Gasteiger partial charge is 0.203 e. The number of hydrogen-bond acceptors (Lipinski definition) is 3. The van der Waals surface area contributed by atoms with Gasteiger partial charge in [0.25, 0.3) is 0 Å². The van der Waals surface area contributed by atoms with Gasteiger partial charge in [-0.3, -0.25) is 0 Å². The molecule has 0 N–H and O–H groups in total. The Morgan fingerprint density at radius 2 is 1.03 bits per heavy atom. The standard InChI is InChI=1S/C33H25I2O3S/c1-36-33-29(37-20-22-10-14-24(34)15-11-22)18-26(19-30(33)38-21-23-12-16-25(35)17-13-23)39-31-8-4-2-6-27(31)28-7-3-5-9-32(28)39/h2-19H,20-21H2,1H3/q+1. The molecule has 3 nitrogen and oxygen atoms in total. The van der Waals surface area contributed by atoms with Crippen LogP contribution in [0.15, 0.2) is 109 Å². The van der Waals surface area contributed by atoms with Gasteiger partial charge in [-0.25, -0.2) is 0 Å². The van der Waals surface area contributed by atoms with Crippen molar-refractivity contribution in [2.75, 3.05) is 7.11 Å². The third-order valence-corrected chi connectivity index (χ3v) is 10.3. The number of halogens is 2. The number of thiophene rings is 1. The van der Waals surface area contributed by atoms with Gasteiger partial charge in [0, 0.05) is 40.5 Å². The molecule has 39 heavy (non-hydrogen) atoms. The van der Waals surface area contributed by atoms with Crippen molar-refractivity contribution in [3.63, 3.8) is 0 Å². The second kappa shape index (κ2) is 11.7. The van der Waals surface area contributed by atoms with Crippen molar-refractivity contribution in [1.29, 1.82) is 0 Å². The van der Waals surface area contributed by atoms with Crippen LogP contribution in [-0.2, 0) is 13.2 Å². The fraction of sp³-hybridized carbons (Fsp3) is 0.0909. The van der Waals surface area contributed by atoms with Crippen LogP contribution in [0.1, 0.15) is 11.1 Å². The van der Waals surface area contributed by atoms with Crippen LogP contribution in [0.4, 0.5) is 0 Å². The number of benzene rings is 5. The molecule has 6 aromatic rings. The van der Waals surface area contributed by atoms with Crippen LogP contribution >= 0.6 is 55.7 Å². The Hall–Kier alpha value is -2.82. The molecule has 0 unspecified atom stereocenters. The summed E-state index contributed by atoms with van der Waals surface area (Å²) in [4.78, 5) is 1.14. The van der Waals surface area contributed by atoms with E-state index in [0.29, 0.717) is 30.5 Å². The van der Waals surface area contributed by atoms with E-state index in [2.05, 4.69) is 154 Å². The van der Waals surface area contributed by atoms with Gasteiger partial charge in [0.05, 0.1) is 7.11 Å². The lowest BCUT2D eigenvalue weighted by molar-refractivity contribution is 0.258.